The van der Waals surface area contributed by atoms with E-state index in [2.05, 4.69) is 25.5 Å². The average molecular weight is 385 g/mol. The summed E-state index contributed by atoms with van der Waals surface area (Å²) in [5.74, 6) is -0.593. The van der Waals surface area contributed by atoms with Crippen molar-refractivity contribution in [2.75, 3.05) is 7.11 Å². The molecule has 0 aromatic heterocycles. The highest BCUT2D eigenvalue weighted by molar-refractivity contribution is 6.00. The average Bonchev–Trinajstić information content (AvgIpc) is 2.65. The fourth-order valence-corrected chi connectivity index (χ4v) is 4.22. The van der Waals surface area contributed by atoms with Crippen LogP contribution in [0.2, 0.25) is 0 Å². The molecule has 0 radical (unpaired) electrons. The van der Waals surface area contributed by atoms with Crippen molar-refractivity contribution in [3.63, 3.8) is 0 Å². The summed E-state index contributed by atoms with van der Waals surface area (Å²) in [6.45, 7) is 10.2. The minimum absolute atomic E-state index is 0.00896. The van der Waals surface area contributed by atoms with Gasteiger partial charge >= 0.3 is 5.97 Å². The van der Waals surface area contributed by atoms with Gasteiger partial charge in [0.2, 0.25) is 0 Å². The number of Topliss-reactive ketones (excluding diaryl/α,β-unsaturated/α-hetero) is 2. The van der Waals surface area contributed by atoms with Gasteiger partial charge in [-0.05, 0) is 55.2 Å². The number of allylic oxidation sites excluding steroid dienone is 2. The van der Waals surface area contributed by atoms with Crippen molar-refractivity contribution in [1.29, 1.82) is 0 Å². The molecule has 152 valence electrons. The van der Waals surface area contributed by atoms with Gasteiger partial charge in [0.1, 0.15) is 0 Å². The van der Waals surface area contributed by atoms with E-state index in [1.54, 1.807) is 24.3 Å². The Kier molecular flexibility index (Phi) is 6.97. The number of ether oxygens (including phenoxy) is 1. The van der Waals surface area contributed by atoms with Crippen LogP contribution in [0, 0.1) is 17.3 Å². The minimum Gasteiger partial charge on any atom is -0.465 e. The predicted octanol–water partition coefficient (Wildman–Crippen LogP) is 5.41. The molecule has 0 fully saturated rings. The first-order chi connectivity index (χ1) is 13.1. The van der Waals surface area contributed by atoms with Crippen LogP contribution in [-0.2, 0) is 9.53 Å². The molecule has 1 aromatic rings. The number of ketones is 2. The Hall–Kier alpha value is -2.23. The largest absolute Gasteiger partial charge is 0.465 e. The van der Waals surface area contributed by atoms with Gasteiger partial charge in [-0.2, -0.15) is 0 Å². The van der Waals surface area contributed by atoms with Crippen LogP contribution >= 0.6 is 0 Å². The molecule has 0 aliphatic heterocycles. The van der Waals surface area contributed by atoms with E-state index in [4.69, 9.17) is 0 Å². The van der Waals surface area contributed by atoms with Crippen molar-refractivity contribution in [1.82, 2.24) is 0 Å². The summed E-state index contributed by atoms with van der Waals surface area (Å²) in [4.78, 5) is 37.4. The number of rotatable bonds is 7. The van der Waals surface area contributed by atoms with Crippen LogP contribution in [0.25, 0.3) is 0 Å². The number of hydrogen-bond acceptors (Lipinski definition) is 4. The zero-order chi connectivity index (χ0) is 21.1. The molecule has 0 N–H and O–H groups in total. The van der Waals surface area contributed by atoms with Crippen LogP contribution in [0.3, 0.4) is 0 Å². The first-order valence-electron chi connectivity index (χ1n) is 10.0. The van der Waals surface area contributed by atoms with Crippen molar-refractivity contribution in [3.8, 4) is 0 Å². The molecule has 1 aromatic carbocycles. The van der Waals surface area contributed by atoms with Crippen molar-refractivity contribution in [2.45, 2.75) is 60.3 Å². The Morgan fingerprint density at radius 3 is 2.18 bits per heavy atom. The lowest BCUT2D eigenvalue weighted by molar-refractivity contribution is -0.117. The second-order valence-corrected chi connectivity index (χ2v) is 8.72. The van der Waals surface area contributed by atoms with E-state index in [1.165, 1.54) is 12.7 Å². The maximum atomic E-state index is 13.0. The van der Waals surface area contributed by atoms with Gasteiger partial charge in [0.05, 0.1) is 12.7 Å². The molecule has 28 heavy (non-hydrogen) atoms. The Balaban J connectivity index is 2.09. The van der Waals surface area contributed by atoms with Gasteiger partial charge in [0, 0.05) is 17.9 Å². The summed E-state index contributed by atoms with van der Waals surface area (Å²) in [7, 11) is 1.33. The minimum atomic E-state index is -0.426. The Labute approximate surface area is 168 Å². The molecule has 4 heteroatoms. The Morgan fingerprint density at radius 2 is 1.64 bits per heavy atom. The summed E-state index contributed by atoms with van der Waals surface area (Å²) in [5, 5.41) is 0. The van der Waals surface area contributed by atoms with Crippen LogP contribution in [0.5, 0.6) is 0 Å². The van der Waals surface area contributed by atoms with Crippen molar-refractivity contribution < 1.29 is 19.1 Å². The zero-order valence-corrected chi connectivity index (χ0v) is 17.9. The Bertz CT molecular complexity index is 783. The summed E-state index contributed by atoms with van der Waals surface area (Å²) in [6.07, 6.45) is 3.52. The first-order valence-corrected chi connectivity index (χ1v) is 10.0. The van der Waals surface area contributed by atoms with Crippen LogP contribution in [0.4, 0.5) is 0 Å². The second-order valence-electron chi connectivity index (χ2n) is 8.72. The molecule has 4 nitrogen and oxygen atoms in total. The molecule has 2 unspecified atom stereocenters. The standard InChI is InChI=1S/C24H32O4/c1-15-8-7-13-24(4,5)21(15)20(25)14-16(2)17(3)22(26)18-9-11-19(12-10-18)23(27)28-6/h9-12,16-17H,7-8,13-14H2,1-6H3. The Morgan fingerprint density at radius 1 is 1.07 bits per heavy atom. The molecule has 0 amide bonds. The van der Waals surface area contributed by atoms with Gasteiger partial charge in [-0.15, -0.1) is 0 Å². The number of hydrogen-bond donors (Lipinski definition) is 0. The van der Waals surface area contributed by atoms with E-state index in [-0.39, 0.29) is 28.8 Å². The zero-order valence-electron chi connectivity index (χ0n) is 17.9. The fourth-order valence-electron chi connectivity index (χ4n) is 4.22. The molecule has 0 saturated heterocycles. The quantitative estimate of drug-likeness (QED) is 0.465. The number of esters is 1. The van der Waals surface area contributed by atoms with Crippen LogP contribution in [-0.4, -0.2) is 24.6 Å². The topological polar surface area (TPSA) is 60.4 Å². The molecule has 0 heterocycles. The van der Waals surface area contributed by atoms with Crippen molar-refractivity contribution in [2.24, 2.45) is 17.3 Å². The van der Waals surface area contributed by atoms with E-state index >= 15 is 0 Å². The van der Waals surface area contributed by atoms with E-state index in [9.17, 15) is 14.4 Å². The van der Waals surface area contributed by atoms with E-state index in [0.717, 1.165) is 24.8 Å². The van der Waals surface area contributed by atoms with Gasteiger partial charge in [-0.3, -0.25) is 9.59 Å². The third kappa shape index (κ3) is 4.78. The van der Waals surface area contributed by atoms with Crippen LogP contribution in [0.1, 0.15) is 81.0 Å². The smallest absolute Gasteiger partial charge is 0.337 e. The number of carbonyl (C=O) groups is 3. The molecule has 2 atom stereocenters. The van der Waals surface area contributed by atoms with Crippen molar-refractivity contribution in [3.05, 3.63) is 46.5 Å². The summed E-state index contributed by atoms with van der Waals surface area (Å²) >= 11 is 0. The lowest BCUT2D eigenvalue weighted by atomic mass is 9.69. The molecule has 2 rings (SSSR count). The van der Waals surface area contributed by atoms with Gasteiger partial charge in [-0.25, -0.2) is 4.79 Å². The van der Waals surface area contributed by atoms with Gasteiger partial charge < -0.3 is 4.74 Å². The summed E-state index contributed by atoms with van der Waals surface area (Å²) in [6, 6.07) is 6.49. The highest BCUT2D eigenvalue weighted by Gasteiger charge is 2.34. The van der Waals surface area contributed by atoms with E-state index in [0.29, 0.717) is 17.5 Å². The highest BCUT2D eigenvalue weighted by atomic mass is 16.5. The molecule has 0 bridgehead atoms. The second kappa shape index (κ2) is 8.85. The summed E-state index contributed by atoms with van der Waals surface area (Å²) < 4.78 is 4.68. The number of carbonyl (C=O) groups excluding carboxylic acids is 3. The molecule has 0 saturated carbocycles. The predicted molar refractivity (Wildman–Crippen MR) is 110 cm³/mol. The highest BCUT2D eigenvalue weighted by Crippen LogP contribution is 2.41. The molecular formula is C24H32O4. The first kappa shape index (κ1) is 22.1. The lowest BCUT2D eigenvalue weighted by Crippen LogP contribution is -2.29. The normalized spacial score (nSPS) is 18.4. The monoisotopic (exact) mass is 384 g/mol. The third-order valence-electron chi connectivity index (χ3n) is 6.10. The maximum Gasteiger partial charge on any atom is 0.337 e. The van der Waals surface area contributed by atoms with E-state index < -0.39 is 5.97 Å². The van der Waals surface area contributed by atoms with Crippen LogP contribution < -0.4 is 0 Å². The SMILES string of the molecule is COC(=O)c1ccc(C(=O)C(C)C(C)CC(=O)C2=C(C)CCCC2(C)C)cc1. The van der Waals surface area contributed by atoms with Crippen molar-refractivity contribution >= 4 is 17.5 Å². The molecule has 1 aliphatic carbocycles. The number of methoxy groups -OCH3 is 1. The van der Waals surface area contributed by atoms with Gasteiger partial charge in [0.15, 0.2) is 11.6 Å². The molecule has 1 aliphatic rings. The maximum absolute atomic E-state index is 13.0. The number of benzene rings is 1. The summed E-state index contributed by atoms with van der Waals surface area (Å²) in [5.41, 5.74) is 3.04. The molecular weight excluding hydrogens is 352 g/mol. The van der Waals surface area contributed by atoms with Gasteiger partial charge in [0.25, 0.3) is 0 Å². The van der Waals surface area contributed by atoms with Crippen LogP contribution in [0.15, 0.2) is 35.4 Å². The van der Waals surface area contributed by atoms with Gasteiger partial charge in [-0.1, -0.05) is 45.4 Å². The lowest BCUT2D eigenvalue weighted by Gasteiger charge is -2.34. The third-order valence-corrected chi connectivity index (χ3v) is 6.10. The fraction of sp³-hybridized carbons (Fsp3) is 0.542. The molecule has 0 spiro atoms. The van der Waals surface area contributed by atoms with E-state index in [1.807, 2.05) is 13.8 Å².